The SMILES string of the molecule is CC(C)c1nccc([C@@H]2C[C@@H]3CCN(Cc4cnn(C)c4)C[C@H]3O2)n1. The molecule has 4 rings (SSSR count). The van der Waals surface area contributed by atoms with Crippen LogP contribution in [-0.4, -0.2) is 43.8 Å². The fourth-order valence-electron chi connectivity index (χ4n) is 3.99. The molecule has 134 valence electrons. The number of ether oxygens (including phenoxy) is 1. The Morgan fingerprint density at radius 1 is 1.36 bits per heavy atom. The molecule has 0 aliphatic carbocycles. The monoisotopic (exact) mass is 341 g/mol. The number of aromatic nitrogens is 4. The van der Waals surface area contributed by atoms with Crippen LogP contribution >= 0.6 is 0 Å². The van der Waals surface area contributed by atoms with E-state index in [1.54, 1.807) is 0 Å². The van der Waals surface area contributed by atoms with Crippen molar-refractivity contribution in [1.29, 1.82) is 0 Å². The molecule has 2 aromatic heterocycles. The Balaban J connectivity index is 1.40. The van der Waals surface area contributed by atoms with Gasteiger partial charge < -0.3 is 4.74 Å². The molecule has 2 aromatic rings. The minimum absolute atomic E-state index is 0.119. The summed E-state index contributed by atoms with van der Waals surface area (Å²) in [5, 5.41) is 4.27. The van der Waals surface area contributed by atoms with E-state index >= 15 is 0 Å². The van der Waals surface area contributed by atoms with Crippen molar-refractivity contribution in [3.8, 4) is 0 Å². The highest BCUT2D eigenvalue weighted by atomic mass is 16.5. The lowest BCUT2D eigenvalue weighted by Crippen LogP contribution is -2.41. The largest absolute Gasteiger partial charge is 0.367 e. The van der Waals surface area contributed by atoms with E-state index in [-0.39, 0.29) is 6.10 Å². The van der Waals surface area contributed by atoms with Crippen LogP contribution in [0, 0.1) is 5.92 Å². The Labute approximate surface area is 149 Å². The van der Waals surface area contributed by atoms with Gasteiger partial charge in [-0.25, -0.2) is 9.97 Å². The van der Waals surface area contributed by atoms with E-state index in [1.165, 1.54) is 12.0 Å². The third-order valence-corrected chi connectivity index (χ3v) is 5.34. The molecule has 0 amide bonds. The Hall–Kier alpha value is -1.79. The van der Waals surface area contributed by atoms with Gasteiger partial charge in [-0.3, -0.25) is 9.58 Å². The van der Waals surface area contributed by atoms with Crippen molar-refractivity contribution in [3.63, 3.8) is 0 Å². The van der Waals surface area contributed by atoms with E-state index in [1.807, 2.05) is 30.2 Å². The minimum Gasteiger partial charge on any atom is -0.367 e. The van der Waals surface area contributed by atoms with Crippen LogP contribution < -0.4 is 0 Å². The summed E-state index contributed by atoms with van der Waals surface area (Å²) in [6.07, 6.45) is 8.64. The molecule has 0 spiro atoms. The zero-order valence-corrected chi connectivity index (χ0v) is 15.3. The minimum atomic E-state index is 0.119. The number of likely N-dealkylation sites (tertiary alicyclic amines) is 1. The summed E-state index contributed by atoms with van der Waals surface area (Å²) in [6.45, 7) is 7.34. The average Bonchev–Trinajstić information content (AvgIpc) is 3.20. The van der Waals surface area contributed by atoms with Crippen LogP contribution in [0.3, 0.4) is 0 Å². The van der Waals surface area contributed by atoms with E-state index < -0.39 is 0 Å². The van der Waals surface area contributed by atoms with Crippen molar-refractivity contribution >= 4 is 0 Å². The van der Waals surface area contributed by atoms with Gasteiger partial charge in [-0.1, -0.05) is 13.8 Å². The van der Waals surface area contributed by atoms with Crippen LogP contribution in [0.25, 0.3) is 0 Å². The predicted molar refractivity (Wildman–Crippen MR) is 94.9 cm³/mol. The van der Waals surface area contributed by atoms with E-state index in [0.717, 1.165) is 37.6 Å². The van der Waals surface area contributed by atoms with Crippen LogP contribution in [0.1, 0.15) is 55.8 Å². The average molecular weight is 341 g/mol. The Morgan fingerprint density at radius 3 is 3.00 bits per heavy atom. The van der Waals surface area contributed by atoms with E-state index in [2.05, 4.69) is 35.0 Å². The van der Waals surface area contributed by atoms with Crippen molar-refractivity contribution < 1.29 is 4.74 Å². The first-order chi connectivity index (χ1) is 12.1. The number of hydrogen-bond donors (Lipinski definition) is 0. The van der Waals surface area contributed by atoms with Crippen molar-refractivity contribution in [2.24, 2.45) is 13.0 Å². The van der Waals surface area contributed by atoms with Gasteiger partial charge in [-0.05, 0) is 31.4 Å². The maximum Gasteiger partial charge on any atom is 0.131 e. The van der Waals surface area contributed by atoms with Crippen LogP contribution in [0.15, 0.2) is 24.7 Å². The smallest absolute Gasteiger partial charge is 0.131 e. The van der Waals surface area contributed by atoms with E-state index in [4.69, 9.17) is 9.72 Å². The number of piperidine rings is 1. The molecule has 0 radical (unpaired) electrons. The van der Waals surface area contributed by atoms with Gasteiger partial charge in [0, 0.05) is 44.0 Å². The van der Waals surface area contributed by atoms with Crippen LogP contribution in [0.2, 0.25) is 0 Å². The maximum atomic E-state index is 6.41. The summed E-state index contributed by atoms with van der Waals surface area (Å²) in [6, 6.07) is 2.02. The molecule has 0 bridgehead atoms. The standard InChI is InChI=1S/C19H27N5O/c1-13(2)19-20-6-4-16(22-19)17-8-15-5-7-24(12-18(15)25-17)11-14-9-21-23(3)10-14/h4,6,9-10,13,15,17-18H,5,7-8,11-12H2,1-3H3/t15-,17-,18+/m0/s1. The van der Waals surface area contributed by atoms with Crippen molar-refractivity contribution in [1.82, 2.24) is 24.6 Å². The summed E-state index contributed by atoms with van der Waals surface area (Å²) in [7, 11) is 1.97. The zero-order valence-electron chi connectivity index (χ0n) is 15.3. The summed E-state index contributed by atoms with van der Waals surface area (Å²) >= 11 is 0. The molecule has 0 N–H and O–H groups in total. The quantitative estimate of drug-likeness (QED) is 0.856. The normalized spacial score (nSPS) is 27.0. The maximum absolute atomic E-state index is 6.41. The Kier molecular flexibility index (Phi) is 4.56. The molecule has 25 heavy (non-hydrogen) atoms. The summed E-state index contributed by atoms with van der Waals surface area (Å²) in [5.41, 5.74) is 2.32. The molecule has 2 saturated heterocycles. The first-order valence-corrected chi connectivity index (χ1v) is 9.26. The zero-order chi connectivity index (χ0) is 17.4. The molecule has 0 unspecified atom stereocenters. The van der Waals surface area contributed by atoms with Crippen molar-refractivity contribution in [3.05, 3.63) is 41.7 Å². The first kappa shape index (κ1) is 16.7. The highest BCUT2D eigenvalue weighted by molar-refractivity contribution is 5.11. The Bertz CT molecular complexity index is 728. The lowest BCUT2D eigenvalue weighted by molar-refractivity contribution is -0.0107. The Morgan fingerprint density at radius 2 is 2.24 bits per heavy atom. The second-order valence-electron chi connectivity index (χ2n) is 7.70. The third-order valence-electron chi connectivity index (χ3n) is 5.34. The molecule has 2 aliphatic heterocycles. The van der Waals surface area contributed by atoms with Gasteiger partial charge in [0.2, 0.25) is 0 Å². The molecule has 3 atom stereocenters. The van der Waals surface area contributed by atoms with E-state index in [0.29, 0.717) is 17.9 Å². The third kappa shape index (κ3) is 3.60. The molecule has 6 nitrogen and oxygen atoms in total. The second kappa shape index (κ2) is 6.84. The molecule has 2 fully saturated rings. The molecule has 4 heterocycles. The van der Waals surface area contributed by atoms with Gasteiger partial charge in [0.15, 0.2) is 0 Å². The summed E-state index contributed by atoms with van der Waals surface area (Å²) in [5.74, 6) is 1.90. The molecule has 0 saturated carbocycles. The number of rotatable bonds is 4. The van der Waals surface area contributed by atoms with Crippen molar-refractivity contribution in [2.75, 3.05) is 13.1 Å². The van der Waals surface area contributed by atoms with Gasteiger partial charge >= 0.3 is 0 Å². The highest BCUT2D eigenvalue weighted by Gasteiger charge is 2.40. The molecule has 2 aliphatic rings. The summed E-state index contributed by atoms with van der Waals surface area (Å²) < 4.78 is 8.27. The molecular formula is C19H27N5O. The number of aryl methyl sites for hydroxylation is 1. The lowest BCUT2D eigenvalue weighted by atomic mass is 9.91. The fourth-order valence-corrected chi connectivity index (χ4v) is 3.99. The summed E-state index contributed by atoms with van der Waals surface area (Å²) in [4.78, 5) is 11.6. The first-order valence-electron chi connectivity index (χ1n) is 9.26. The topological polar surface area (TPSA) is 56.1 Å². The number of fused-ring (bicyclic) bond motifs is 1. The predicted octanol–water partition coefficient (Wildman–Crippen LogP) is 2.69. The van der Waals surface area contributed by atoms with Gasteiger partial charge in [0.1, 0.15) is 11.9 Å². The van der Waals surface area contributed by atoms with Gasteiger partial charge in [0.25, 0.3) is 0 Å². The number of hydrogen-bond acceptors (Lipinski definition) is 5. The fraction of sp³-hybridized carbons (Fsp3) is 0.632. The van der Waals surface area contributed by atoms with Gasteiger partial charge in [-0.2, -0.15) is 5.10 Å². The van der Waals surface area contributed by atoms with Crippen LogP contribution in [0.5, 0.6) is 0 Å². The second-order valence-corrected chi connectivity index (χ2v) is 7.70. The van der Waals surface area contributed by atoms with Crippen LogP contribution in [0.4, 0.5) is 0 Å². The molecule has 6 heteroatoms. The molecule has 0 aromatic carbocycles. The molecular weight excluding hydrogens is 314 g/mol. The van der Waals surface area contributed by atoms with Gasteiger partial charge in [-0.15, -0.1) is 0 Å². The van der Waals surface area contributed by atoms with Gasteiger partial charge in [0.05, 0.1) is 18.0 Å². The van der Waals surface area contributed by atoms with Crippen LogP contribution in [-0.2, 0) is 18.3 Å². The van der Waals surface area contributed by atoms with E-state index in [9.17, 15) is 0 Å². The van der Waals surface area contributed by atoms with Crippen molar-refractivity contribution in [2.45, 2.75) is 51.4 Å². The lowest BCUT2D eigenvalue weighted by Gasteiger charge is -2.33. The highest BCUT2D eigenvalue weighted by Crippen LogP contribution is 2.40. The number of nitrogens with zero attached hydrogens (tertiary/aromatic N) is 5.